The van der Waals surface area contributed by atoms with E-state index >= 15 is 0 Å². The van der Waals surface area contributed by atoms with Crippen LogP contribution in [0.4, 0.5) is 19.0 Å². The molecule has 2 aliphatic carbocycles. The van der Waals surface area contributed by atoms with Gasteiger partial charge in [-0.2, -0.15) is 13.2 Å². The Morgan fingerprint density at radius 1 is 1.05 bits per heavy atom. The number of alkyl halides is 3. The van der Waals surface area contributed by atoms with E-state index in [0.717, 1.165) is 60.5 Å². The molecule has 1 spiro atoms. The quantitative estimate of drug-likeness (QED) is 0.472. The molecule has 0 radical (unpaired) electrons. The average molecular weight is 530 g/mol. The molecule has 0 N–H and O–H groups in total. The van der Waals surface area contributed by atoms with Gasteiger partial charge in [0.15, 0.2) is 5.82 Å². The minimum absolute atomic E-state index is 0.122. The highest BCUT2D eigenvalue weighted by Crippen LogP contribution is 2.56. The summed E-state index contributed by atoms with van der Waals surface area (Å²) >= 11 is 6.35. The SMILES string of the molecule is Cc1nccc(N2CC3(CC(c4nnc5n4-c4ccc(Cl)cc4CN(C4CC(C(F)(F)F)C4)C5)C3)C2)n1. The fraction of sp³-hybridized carbons (Fsp3) is 0.538. The molecule has 0 unspecified atom stereocenters. The highest BCUT2D eigenvalue weighted by molar-refractivity contribution is 6.30. The Morgan fingerprint density at radius 3 is 2.57 bits per heavy atom. The molecule has 7 nitrogen and oxygen atoms in total. The first-order chi connectivity index (χ1) is 17.7. The van der Waals surface area contributed by atoms with Crippen LogP contribution in [0.3, 0.4) is 0 Å². The number of nitrogens with zero attached hydrogens (tertiary/aromatic N) is 7. The smallest absolute Gasteiger partial charge is 0.355 e. The fourth-order valence-electron chi connectivity index (χ4n) is 6.70. The lowest BCUT2D eigenvalue weighted by molar-refractivity contribution is -0.207. The largest absolute Gasteiger partial charge is 0.391 e. The van der Waals surface area contributed by atoms with Gasteiger partial charge in [0.2, 0.25) is 0 Å². The van der Waals surface area contributed by atoms with E-state index in [1.54, 1.807) is 6.20 Å². The Balaban J connectivity index is 1.11. The second-order valence-corrected chi connectivity index (χ2v) is 11.7. The minimum Gasteiger partial charge on any atom is -0.355 e. The molecule has 0 bridgehead atoms. The molecule has 1 saturated heterocycles. The van der Waals surface area contributed by atoms with Crippen LogP contribution in [0.15, 0.2) is 30.5 Å². The number of benzene rings is 1. The van der Waals surface area contributed by atoms with Crippen molar-refractivity contribution in [2.24, 2.45) is 11.3 Å². The van der Waals surface area contributed by atoms with Gasteiger partial charge in [-0.15, -0.1) is 10.2 Å². The van der Waals surface area contributed by atoms with Gasteiger partial charge in [0.05, 0.1) is 18.2 Å². The van der Waals surface area contributed by atoms with Crippen molar-refractivity contribution in [1.29, 1.82) is 0 Å². The van der Waals surface area contributed by atoms with E-state index in [1.165, 1.54) is 0 Å². The van der Waals surface area contributed by atoms with Crippen LogP contribution in [0.25, 0.3) is 5.69 Å². The maximum atomic E-state index is 13.2. The van der Waals surface area contributed by atoms with Crippen LogP contribution in [0.5, 0.6) is 0 Å². The lowest BCUT2D eigenvalue weighted by Crippen LogP contribution is -2.62. The van der Waals surface area contributed by atoms with Crippen molar-refractivity contribution in [1.82, 2.24) is 29.6 Å². The zero-order valence-corrected chi connectivity index (χ0v) is 21.2. The summed E-state index contributed by atoms with van der Waals surface area (Å²) in [6.45, 7) is 4.89. The molecule has 4 aliphatic rings. The van der Waals surface area contributed by atoms with E-state index in [9.17, 15) is 13.2 Å². The zero-order valence-electron chi connectivity index (χ0n) is 20.4. The van der Waals surface area contributed by atoms with Crippen LogP contribution in [0.2, 0.25) is 5.02 Å². The number of halogens is 4. The number of hydrogen-bond donors (Lipinski definition) is 0. The molecule has 194 valence electrons. The van der Waals surface area contributed by atoms with Crippen LogP contribution < -0.4 is 4.90 Å². The molecule has 4 heterocycles. The molecule has 37 heavy (non-hydrogen) atoms. The summed E-state index contributed by atoms with van der Waals surface area (Å²) in [4.78, 5) is 13.2. The summed E-state index contributed by atoms with van der Waals surface area (Å²) in [5.41, 5.74) is 2.26. The van der Waals surface area contributed by atoms with E-state index in [1.807, 2.05) is 31.2 Å². The van der Waals surface area contributed by atoms with Crippen LogP contribution in [-0.2, 0) is 13.1 Å². The predicted molar refractivity (Wildman–Crippen MR) is 132 cm³/mol. The van der Waals surface area contributed by atoms with E-state index in [4.69, 9.17) is 11.6 Å². The van der Waals surface area contributed by atoms with Gasteiger partial charge in [-0.1, -0.05) is 11.6 Å². The molecule has 3 fully saturated rings. The number of hydrogen-bond acceptors (Lipinski definition) is 6. The molecular weight excluding hydrogens is 503 g/mol. The summed E-state index contributed by atoms with van der Waals surface area (Å²) in [5, 5.41) is 9.80. The molecule has 0 atom stereocenters. The van der Waals surface area contributed by atoms with Gasteiger partial charge in [0, 0.05) is 48.2 Å². The first-order valence-corrected chi connectivity index (χ1v) is 13.1. The monoisotopic (exact) mass is 529 g/mol. The van der Waals surface area contributed by atoms with Gasteiger partial charge in [-0.25, -0.2) is 9.97 Å². The Hall–Kier alpha value is -2.72. The maximum Gasteiger partial charge on any atom is 0.391 e. The van der Waals surface area contributed by atoms with Crippen molar-refractivity contribution in [3.63, 3.8) is 0 Å². The van der Waals surface area contributed by atoms with Gasteiger partial charge >= 0.3 is 6.18 Å². The Morgan fingerprint density at radius 2 is 1.84 bits per heavy atom. The summed E-state index contributed by atoms with van der Waals surface area (Å²) in [6.07, 6.45) is 0.0160. The average Bonchev–Trinajstić information content (AvgIpc) is 3.06. The predicted octanol–water partition coefficient (Wildman–Crippen LogP) is 5.06. The Bertz CT molecular complexity index is 1350. The summed E-state index contributed by atoms with van der Waals surface area (Å²) in [5.74, 6) is 2.58. The van der Waals surface area contributed by atoms with Gasteiger partial charge in [0.25, 0.3) is 0 Å². The van der Waals surface area contributed by atoms with E-state index in [2.05, 4.69) is 34.5 Å². The second kappa shape index (κ2) is 8.14. The van der Waals surface area contributed by atoms with E-state index in [-0.39, 0.29) is 24.3 Å². The third-order valence-electron chi connectivity index (χ3n) is 8.71. The van der Waals surface area contributed by atoms with Crippen LogP contribution in [0.1, 0.15) is 54.6 Å². The number of aryl methyl sites for hydroxylation is 1. The van der Waals surface area contributed by atoms with Crippen LogP contribution >= 0.6 is 11.6 Å². The number of anilines is 1. The molecule has 2 saturated carbocycles. The lowest BCUT2D eigenvalue weighted by atomic mass is 9.57. The van der Waals surface area contributed by atoms with Crippen molar-refractivity contribution in [3.05, 3.63) is 58.5 Å². The molecule has 2 aliphatic heterocycles. The van der Waals surface area contributed by atoms with Crippen molar-refractivity contribution < 1.29 is 13.2 Å². The first kappa shape index (κ1) is 23.4. The lowest BCUT2D eigenvalue weighted by Gasteiger charge is -2.59. The Kier molecular flexibility index (Phi) is 5.15. The van der Waals surface area contributed by atoms with E-state index < -0.39 is 12.1 Å². The van der Waals surface area contributed by atoms with Crippen molar-refractivity contribution in [3.8, 4) is 5.69 Å². The Labute approximate surface area is 217 Å². The highest BCUT2D eigenvalue weighted by Gasteiger charge is 2.55. The molecule has 7 rings (SSSR count). The minimum atomic E-state index is -4.12. The second-order valence-electron chi connectivity index (χ2n) is 11.3. The van der Waals surface area contributed by atoms with Gasteiger partial charge in [0.1, 0.15) is 17.5 Å². The van der Waals surface area contributed by atoms with Gasteiger partial charge in [-0.3, -0.25) is 9.47 Å². The molecular formula is C26H27ClF3N7. The van der Waals surface area contributed by atoms with Crippen LogP contribution in [-0.4, -0.2) is 54.9 Å². The normalized spacial score (nSPS) is 25.1. The molecule has 2 aromatic heterocycles. The van der Waals surface area contributed by atoms with E-state index in [0.29, 0.717) is 24.0 Å². The zero-order chi connectivity index (χ0) is 25.5. The third-order valence-corrected chi connectivity index (χ3v) is 8.94. The number of rotatable bonds is 3. The molecule has 0 amide bonds. The topological polar surface area (TPSA) is 63.0 Å². The maximum absolute atomic E-state index is 13.2. The standard InChI is InChI=1S/C26H27ClF3N7/c1-15-31-5-4-22(32-15)36-13-25(14-36)9-17(10-25)24-34-33-23-12-35(20-7-18(8-20)26(28,29)30)11-16-6-19(27)2-3-21(16)37(23)24/h2-6,17-18,20H,7-14H2,1H3. The number of fused-ring (bicyclic) bond motifs is 3. The molecule has 3 aromatic rings. The summed E-state index contributed by atoms with van der Waals surface area (Å²) in [7, 11) is 0. The number of aromatic nitrogens is 5. The van der Waals surface area contributed by atoms with Gasteiger partial charge < -0.3 is 4.90 Å². The molecule has 1 aromatic carbocycles. The van der Waals surface area contributed by atoms with Crippen molar-refractivity contribution >= 4 is 17.4 Å². The van der Waals surface area contributed by atoms with Crippen LogP contribution in [0, 0.1) is 18.3 Å². The van der Waals surface area contributed by atoms with Gasteiger partial charge in [-0.05, 0) is 62.4 Å². The third kappa shape index (κ3) is 3.91. The van der Waals surface area contributed by atoms with Crippen molar-refractivity contribution in [2.45, 2.75) is 63.8 Å². The first-order valence-electron chi connectivity index (χ1n) is 12.8. The summed E-state index contributed by atoms with van der Waals surface area (Å²) < 4.78 is 41.6. The highest BCUT2D eigenvalue weighted by atomic mass is 35.5. The summed E-state index contributed by atoms with van der Waals surface area (Å²) in [6, 6.07) is 7.62. The fourth-order valence-corrected chi connectivity index (χ4v) is 6.89. The molecule has 11 heteroatoms. The van der Waals surface area contributed by atoms with Crippen molar-refractivity contribution in [2.75, 3.05) is 18.0 Å².